The zero-order valence-electron chi connectivity index (χ0n) is 10.8. The number of nitrogens with two attached hydrogens (primary N) is 1. The minimum atomic E-state index is -3.72. The van der Waals surface area contributed by atoms with Crippen molar-refractivity contribution in [3.05, 3.63) is 23.8 Å². The van der Waals surface area contributed by atoms with Crippen LogP contribution in [0, 0.1) is 0 Å². The van der Waals surface area contributed by atoms with E-state index < -0.39 is 16.0 Å². The molecule has 1 aliphatic rings. The smallest absolute Gasteiger partial charge is 0.335 e. The van der Waals surface area contributed by atoms with Crippen molar-refractivity contribution in [1.29, 1.82) is 0 Å². The van der Waals surface area contributed by atoms with Crippen LogP contribution in [-0.4, -0.2) is 50.1 Å². The second kappa shape index (κ2) is 5.78. The van der Waals surface area contributed by atoms with E-state index in [4.69, 9.17) is 15.6 Å². The Bertz CT molecular complexity index is 606. The van der Waals surface area contributed by atoms with Crippen LogP contribution in [0.25, 0.3) is 0 Å². The molecule has 1 aromatic rings. The molecular formula is C12H16N2O5S. The van der Waals surface area contributed by atoms with Crippen molar-refractivity contribution in [3.63, 3.8) is 0 Å². The Morgan fingerprint density at radius 2 is 2.05 bits per heavy atom. The van der Waals surface area contributed by atoms with Gasteiger partial charge in [-0.2, -0.15) is 4.31 Å². The molecule has 1 saturated heterocycles. The first-order valence-electron chi connectivity index (χ1n) is 6.13. The number of rotatable bonds is 3. The minimum absolute atomic E-state index is 0.0411. The van der Waals surface area contributed by atoms with Crippen LogP contribution in [0.2, 0.25) is 0 Å². The molecule has 0 bridgehead atoms. The van der Waals surface area contributed by atoms with E-state index >= 15 is 0 Å². The molecule has 3 N–H and O–H groups in total. The number of sulfonamides is 1. The third-order valence-electron chi connectivity index (χ3n) is 3.06. The number of carbonyl (C=O) groups is 1. The van der Waals surface area contributed by atoms with Gasteiger partial charge >= 0.3 is 5.97 Å². The highest BCUT2D eigenvalue weighted by Gasteiger charge is 2.27. The normalized spacial score (nSPS) is 17.6. The summed E-state index contributed by atoms with van der Waals surface area (Å²) in [5.41, 5.74) is 5.59. The number of nitrogen functional groups attached to an aromatic ring is 1. The van der Waals surface area contributed by atoms with Crippen molar-refractivity contribution in [2.24, 2.45) is 0 Å². The van der Waals surface area contributed by atoms with Gasteiger partial charge in [0.1, 0.15) is 4.90 Å². The number of carboxylic acid groups (broad SMARTS) is 1. The molecule has 0 amide bonds. The predicted molar refractivity (Wildman–Crippen MR) is 72.0 cm³/mol. The monoisotopic (exact) mass is 300 g/mol. The van der Waals surface area contributed by atoms with Crippen LogP contribution in [0.5, 0.6) is 0 Å². The van der Waals surface area contributed by atoms with Gasteiger partial charge in [0.15, 0.2) is 0 Å². The van der Waals surface area contributed by atoms with Gasteiger partial charge in [0.25, 0.3) is 0 Å². The fourth-order valence-electron chi connectivity index (χ4n) is 2.02. The summed E-state index contributed by atoms with van der Waals surface area (Å²) in [4.78, 5) is 10.8. The first kappa shape index (κ1) is 14.8. The Hall–Kier alpha value is -1.64. The molecule has 1 fully saturated rings. The van der Waals surface area contributed by atoms with Crippen molar-refractivity contribution in [3.8, 4) is 0 Å². The predicted octanol–water partition coefficient (Wildman–Crippen LogP) is 0.378. The summed E-state index contributed by atoms with van der Waals surface area (Å²) in [6.45, 7) is 1.50. The van der Waals surface area contributed by atoms with Gasteiger partial charge in [-0.3, -0.25) is 0 Å². The van der Waals surface area contributed by atoms with E-state index in [1.807, 2.05) is 0 Å². The molecule has 7 nitrogen and oxygen atoms in total. The van der Waals surface area contributed by atoms with Crippen molar-refractivity contribution in [1.82, 2.24) is 4.31 Å². The van der Waals surface area contributed by atoms with Crippen LogP contribution in [0.3, 0.4) is 0 Å². The Kier molecular flexibility index (Phi) is 4.26. The number of hydrogen-bond acceptors (Lipinski definition) is 5. The van der Waals surface area contributed by atoms with Gasteiger partial charge in [-0.1, -0.05) is 0 Å². The summed E-state index contributed by atoms with van der Waals surface area (Å²) in [5, 5.41) is 8.86. The van der Waals surface area contributed by atoms with E-state index in [9.17, 15) is 13.2 Å². The van der Waals surface area contributed by atoms with Crippen LogP contribution in [0.4, 0.5) is 5.69 Å². The SMILES string of the molecule is Nc1cc(C(=O)O)ccc1S(=O)(=O)N1CCCOCC1. The number of aromatic carboxylic acids is 1. The Morgan fingerprint density at radius 1 is 1.30 bits per heavy atom. The zero-order chi connectivity index (χ0) is 14.8. The van der Waals surface area contributed by atoms with E-state index in [1.165, 1.54) is 16.4 Å². The van der Waals surface area contributed by atoms with E-state index in [2.05, 4.69) is 0 Å². The third-order valence-corrected chi connectivity index (χ3v) is 5.03. The largest absolute Gasteiger partial charge is 0.478 e. The summed E-state index contributed by atoms with van der Waals surface area (Å²) in [7, 11) is -3.72. The van der Waals surface area contributed by atoms with Crippen molar-refractivity contribution in [2.45, 2.75) is 11.3 Å². The summed E-state index contributed by atoms with van der Waals surface area (Å²) in [6.07, 6.45) is 0.617. The molecule has 2 rings (SSSR count). The van der Waals surface area contributed by atoms with Crippen LogP contribution >= 0.6 is 0 Å². The molecule has 0 spiro atoms. The lowest BCUT2D eigenvalue weighted by atomic mass is 10.2. The Morgan fingerprint density at radius 3 is 2.70 bits per heavy atom. The average molecular weight is 300 g/mol. The molecule has 1 aromatic carbocycles. The van der Waals surface area contributed by atoms with E-state index in [0.717, 1.165) is 6.07 Å². The highest BCUT2D eigenvalue weighted by atomic mass is 32.2. The molecule has 110 valence electrons. The summed E-state index contributed by atoms with van der Waals surface area (Å²) >= 11 is 0. The van der Waals surface area contributed by atoms with Crippen molar-refractivity contribution in [2.75, 3.05) is 32.0 Å². The standard InChI is InChI=1S/C12H16N2O5S/c13-10-8-9(12(15)16)2-3-11(10)20(17,18)14-4-1-6-19-7-5-14/h2-3,8H,1,4-7,13H2,(H,15,16). The summed E-state index contributed by atoms with van der Waals surface area (Å²) < 4.78 is 31.5. The molecule has 0 unspecified atom stereocenters. The molecule has 0 saturated carbocycles. The van der Waals surface area contributed by atoms with Gasteiger partial charge < -0.3 is 15.6 Å². The summed E-state index contributed by atoms with van der Waals surface area (Å²) in [6, 6.07) is 3.63. The highest BCUT2D eigenvalue weighted by Crippen LogP contribution is 2.24. The van der Waals surface area contributed by atoms with Crippen LogP contribution in [0.15, 0.2) is 23.1 Å². The van der Waals surface area contributed by atoms with E-state index in [-0.39, 0.29) is 22.7 Å². The zero-order valence-corrected chi connectivity index (χ0v) is 11.6. The van der Waals surface area contributed by atoms with Crippen LogP contribution in [0.1, 0.15) is 16.8 Å². The number of anilines is 1. The maximum absolute atomic E-state index is 12.5. The molecule has 0 atom stereocenters. The topological polar surface area (TPSA) is 110 Å². The molecule has 0 aromatic heterocycles. The molecule has 0 radical (unpaired) electrons. The molecule has 0 aliphatic carbocycles. The third kappa shape index (κ3) is 2.92. The number of carboxylic acids is 1. The van der Waals surface area contributed by atoms with E-state index in [0.29, 0.717) is 26.2 Å². The molecule has 1 heterocycles. The van der Waals surface area contributed by atoms with Gasteiger partial charge in [0.2, 0.25) is 10.0 Å². The molecular weight excluding hydrogens is 284 g/mol. The van der Waals surface area contributed by atoms with Gasteiger partial charge in [-0.15, -0.1) is 0 Å². The van der Waals surface area contributed by atoms with Crippen LogP contribution in [-0.2, 0) is 14.8 Å². The second-order valence-corrected chi connectivity index (χ2v) is 6.33. The van der Waals surface area contributed by atoms with Crippen LogP contribution < -0.4 is 5.73 Å². The maximum Gasteiger partial charge on any atom is 0.335 e. The Labute approximate surface area is 117 Å². The highest BCUT2D eigenvalue weighted by molar-refractivity contribution is 7.89. The summed E-state index contributed by atoms with van der Waals surface area (Å²) in [5.74, 6) is -1.15. The molecule has 1 aliphatic heterocycles. The molecule has 20 heavy (non-hydrogen) atoms. The van der Waals surface area contributed by atoms with Gasteiger partial charge in [-0.05, 0) is 24.6 Å². The van der Waals surface area contributed by atoms with Gasteiger partial charge in [0, 0.05) is 19.7 Å². The number of ether oxygens (including phenoxy) is 1. The van der Waals surface area contributed by atoms with Crippen molar-refractivity contribution < 1.29 is 23.1 Å². The fourth-order valence-corrected chi connectivity index (χ4v) is 3.58. The minimum Gasteiger partial charge on any atom is -0.478 e. The molecule has 8 heteroatoms. The van der Waals surface area contributed by atoms with Gasteiger partial charge in [-0.25, -0.2) is 13.2 Å². The lowest BCUT2D eigenvalue weighted by Crippen LogP contribution is -2.33. The van der Waals surface area contributed by atoms with Crippen molar-refractivity contribution >= 4 is 21.7 Å². The number of hydrogen-bond donors (Lipinski definition) is 2. The fraction of sp³-hybridized carbons (Fsp3) is 0.417. The first-order chi connectivity index (χ1) is 9.43. The number of benzene rings is 1. The quantitative estimate of drug-likeness (QED) is 0.781. The average Bonchev–Trinajstić information content (AvgIpc) is 2.67. The second-order valence-electron chi connectivity index (χ2n) is 4.43. The van der Waals surface area contributed by atoms with E-state index in [1.54, 1.807) is 0 Å². The van der Waals surface area contributed by atoms with Gasteiger partial charge in [0.05, 0.1) is 17.9 Å². The lowest BCUT2D eigenvalue weighted by molar-refractivity contribution is 0.0697. The first-order valence-corrected chi connectivity index (χ1v) is 7.57. The maximum atomic E-state index is 12.5. The Balaban J connectivity index is 2.36. The number of nitrogens with zero attached hydrogens (tertiary/aromatic N) is 1. The lowest BCUT2D eigenvalue weighted by Gasteiger charge is -2.20.